The molecule has 4 nitrogen and oxygen atoms in total. The van der Waals surface area contributed by atoms with Crippen LogP contribution in [0.25, 0.3) is 0 Å². The van der Waals surface area contributed by atoms with Gasteiger partial charge in [-0.05, 0) is 54.0 Å². The molecule has 0 radical (unpaired) electrons. The maximum absolute atomic E-state index is 5.21. The molecule has 0 aliphatic heterocycles. The average Bonchev–Trinajstić information content (AvgIpc) is 3.02. The molecule has 25 heavy (non-hydrogen) atoms. The van der Waals surface area contributed by atoms with E-state index in [0.717, 1.165) is 31.2 Å². The fourth-order valence-corrected chi connectivity index (χ4v) is 3.32. The van der Waals surface area contributed by atoms with E-state index in [0.29, 0.717) is 5.92 Å². The average molecular weight is 473 g/mol. The number of rotatable bonds is 7. The van der Waals surface area contributed by atoms with Crippen molar-refractivity contribution < 1.29 is 4.74 Å². The maximum atomic E-state index is 5.21. The van der Waals surface area contributed by atoms with Gasteiger partial charge >= 0.3 is 0 Å². The molecule has 2 rings (SSSR count). The summed E-state index contributed by atoms with van der Waals surface area (Å²) in [5.41, 5.74) is 2.66. The molecule has 1 aromatic carbocycles. The zero-order valence-electron chi connectivity index (χ0n) is 15.3. The monoisotopic (exact) mass is 473 g/mol. The number of aryl methyl sites for hydroxylation is 1. The Labute approximate surface area is 172 Å². The Morgan fingerprint density at radius 1 is 1.20 bits per heavy atom. The number of halogens is 1. The van der Waals surface area contributed by atoms with Gasteiger partial charge in [0.15, 0.2) is 5.96 Å². The van der Waals surface area contributed by atoms with Crippen molar-refractivity contribution in [3.8, 4) is 5.75 Å². The molecule has 0 fully saturated rings. The van der Waals surface area contributed by atoms with Gasteiger partial charge in [-0.3, -0.25) is 4.99 Å². The third kappa shape index (κ3) is 6.86. The highest BCUT2D eigenvalue weighted by atomic mass is 127. The molecule has 2 N–H and O–H groups in total. The van der Waals surface area contributed by atoms with Crippen LogP contribution in [-0.4, -0.2) is 26.7 Å². The molecule has 1 heterocycles. The summed E-state index contributed by atoms with van der Waals surface area (Å²) in [6.07, 6.45) is 1.05. The lowest BCUT2D eigenvalue weighted by atomic mass is 9.98. The van der Waals surface area contributed by atoms with Crippen molar-refractivity contribution in [3.05, 3.63) is 51.7 Å². The van der Waals surface area contributed by atoms with Gasteiger partial charge in [-0.1, -0.05) is 19.1 Å². The van der Waals surface area contributed by atoms with Crippen molar-refractivity contribution in [2.45, 2.75) is 32.7 Å². The zero-order valence-corrected chi connectivity index (χ0v) is 18.5. The molecule has 0 spiro atoms. The van der Waals surface area contributed by atoms with Gasteiger partial charge in [-0.2, -0.15) is 0 Å². The van der Waals surface area contributed by atoms with Crippen LogP contribution in [0.3, 0.4) is 0 Å². The lowest BCUT2D eigenvalue weighted by molar-refractivity contribution is 0.414. The molecular formula is C19H28IN3OS. The van der Waals surface area contributed by atoms with Crippen molar-refractivity contribution in [3.63, 3.8) is 0 Å². The van der Waals surface area contributed by atoms with Crippen LogP contribution >= 0.6 is 35.3 Å². The summed E-state index contributed by atoms with van der Waals surface area (Å²) in [5, 5.41) is 8.89. The molecule has 1 aromatic heterocycles. The number of guanidine groups is 1. The van der Waals surface area contributed by atoms with Crippen molar-refractivity contribution in [2.75, 3.05) is 20.7 Å². The first kappa shape index (κ1) is 21.8. The quantitative estimate of drug-likeness (QED) is 0.353. The molecule has 1 atom stereocenters. The molecule has 0 aliphatic carbocycles. The molecule has 1 unspecified atom stereocenters. The highest BCUT2D eigenvalue weighted by Gasteiger charge is 2.07. The number of ether oxygens (including phenoxy) is 1. The summed E-state index contributed by atoms with van der Waals surface area (Å²) in [5.74, 6) is 2.24. The molecule has 0 bridgehead atoms. The lowest BCUT2D eigenvalue weighted by Gasteiger charge is -2.15. The Balaban J connectivity index is 0.00000312. The van der Waals surface area contributed by atoms with Crippen LogP contribution in [0.5, 0.6) is 5.75 Å². The summed E-state index contributed by atoms with van der Waals surface area (Å²) in [4.78, 5) is 5.64. The summed E-state index contributed by atoms with van der Waals surface area (Å²) in [6, 6.07) is 10.5. The fourth-order valence-electron chi connectivity index (χ4n) is 2.48. The molecule has 0 saturated carbocycles. The van der Waals surface area contributed by atoms with Gasteiger partial charge in [0.2, 0.25) is 0 Å². The number of nitrogens with zero attached hydrogens (tertiary/aromatic N) is 1. The summed E-state index contributed by atoms with van der Waals surface area (Å²) in [6.45, 7) is 6.09. The van der Waals surface area contributed by atoms with Gasteiger partial charge in [-0.25, -0.2) is 0 Å². The normalized spacial score (nSPS) is 12.2. The maximum Gasteiger partial charge on any atom is 0.191 e. The topological polar surface area (TPSA) is 45.7 Å². The summed E-state index contributed by atoms with van der Waals surface area (Å²) in [7, 11) is 3.50. The van der Waals surface area contributed by atoms with Gasteiger partial charge in [0.25, 0.3) is 0 Å². The van der Waals surface area contributed by atoms with Crippen LogP contribution in [-0.2, 0) is 6.54 Å². The van der Waals surface area contributed by atoms with Gasteiger partial charge in [0.05, 0.1) is 13.7 Å². The van der Waals surface area contributed by atoms with Gasteiger partial charge in [-0.15, -0.1) is 35.3 Å². The first-order valence-corrected chi connectivity index (χ1v) is 9.13. The van der Waals surface area contributed by atoms with E-state index in [2.05, 4.69) is 53.1 Å². The van der Waals surface area contributed by atoms with Crippen molar-refractivity contribution in [2.24, 2.45) is 4.99 Å². The van der Waals surface area contributed by atoms with Gasteiger partial charge < -0.3 is 15.4 Å². The predicted molar refractivity (Wildman–Crippen MR) is 119 cm³/mol. The highest BCUT2D eigenvalue weighted by molar-refractivity contribution is 14.0. The number of hydrogen-bond donors (Lipinski definition) is 2. The second-order valence-corrected chi connectivity index (χ2v) is 6.84. The van der Waals surface area contributed by atoms with E-state index in [9.17, 15) is 0 Å². The Morgan fingerprint density at radius 2 is 1.92 bits per heavy atom. The van der Waals surface area contributed by atoms with Gasteiger partial charge in [0, 0.05) is 18.5 Å². The van der Waals surface area contributed by atoms with E-state index in [4.69, 9.17) is 4.74 Å². The third-order valence-corrected chi connectivity index (χ3v) is 5.19. The number of hydrogen-bond acceptors (Lipinski definition) is 3. The van der Waals surface area contributed by atoms with Crippen molar-refractivity contribution >= 4 is 41.3 Å². The van der Waals surface area contributed by atoms with E-state index >= 15 is 0 Å². The molecule has 2 aromatic rings. The minimum Gasteiger partial charge on any atom is -0.497 e. The van der Waals surface area contributed by atoms with E-state index in [1.165, 1.54) is 16.0 Å². The van der Waals surface area contributed by atoms with Crippen LogP contribution in [0.1, 0.15) is 35.3 Å². The van der Waals surface area contributed by atoms with Crippen LogP contribution in [0.4, 0.5) is 0 Å². The standard InChI is InChI=1S/C19H27N3OS.HI/c1-14(16-5-7-17(23-4)8-6-16)9-11-21-19(20-3)22-13-18-15(2)10-12-24-18;/h5-8,10,12,14H,9,11,13H2,1-4H3,(H2,20,21,22);1H. The largest absolute Gasteiger partial charge is 0.497 e. The Bertz CT molecular complexity index is 655. The Kier molecular flexibility index (Phi) is 9.89. The SMILES string of the molecule is CN=C(NCCC(C)c1ccc(OC)cc1)NCc1sccc1C.I. The smallest absolute Gasteiger partial charge is 0.191 e. The number of nitrogens with one attached hydrogen (secondary N) is 2. The minimum atomic E-state index is 0. The first-order valence-electron chi connectivity index (χ1n) is 8.25. The van der Waals surface area contributed by atoms with Gasteiger partial charge in [0.1, 0.15) is 5.75 Å². The molecular weight excluding hydrogens is 445 g/mol. The second-order valence-electron chi connectivity index (χ2n) is 5.84. The van der Waals surface area contributed by atoms with E-state index in [1.54, 1.807) is 18.4 Å². The van der Waals surface area contributed by atoms with Crippen LogP contribution in [0.2, 0.25) is 0 Å². The number of thiophene rings is 1. The van der Waals surface area contributed by atoms with Crippen molar-refractivity contribution in [1.82, 2.24) is 10.6 Å². The first-order chi connectivity index (χ1) is 11.6. The van der Waals surface area contributed by atoms with Crippen LogP contribution in [0.15, 0.2) is 40.7 Å². The summed E-state index contributed by atoms with van der Waals surface area (Å²) < 4.78 is 5.21. The Hall–Kier alpha value is -1.28. The predicted octanol–water partition coefficient (Wildman–Crippen LogP) is 4.54. The fraction of sp³-hybridized carbons (Fsp3) is 0.421. The number of aliphatic imine (C=N–C) groups is 1. The minimum absolute atomic E-state index is 0. The van der Waals surface area contributed by atoms with Crippen molar-refractivity contribution in [1.29, 1.82) is 0 Å². The molecule has 0 saturated heterocycles. The third-order valence-electron chi connectivity index (χ3n) is 4.16. The Morgan fingerprint density at radius 3 is 2.48 bits per heavy atom. The van der Waals surface area contributed by atoms with E-state index in [-0.39, 0.29) is 24.0 Å². The molecule has 0 aliphatic rings. The highest BCUT2D eigenvalue weighted by Crippen LogP contribution is 2.21. The van der Waals surface area contributed by atoms with E-state index < -0.39 is 0 Å². The molecule has 6 heteroatoms. The van der Waals surface area contributed by atoms with E-state index in [1.807, 2.05) is 19.2 Å². The number of methoxy groups -OCH3 is 1. The molecule has 138 valence electrons. The van der Waals surface area contributed by atoms with Crippen LogP contribution in [0, 0.1) is 6.92 Å². The lowest BCUT2D eigenvalue weighted by Crippen LogP contribution is -2.37. The molecule has 0 amide bonds. The second kappa shape index (κ2) is 11.4. The summed E-state index contributed by atoms with van der Waals surface area (Å²) >= 11 is 1.78. The number of benzene rings is 1. The van der Waals surface area contributed by atoms with Crippen LogP contribution < -0.4 is 15.4 Å². The zero-order chi connectivity index (χ0) is 17.4.